The van der Waals surface area contributed by atoms with Gasteiger partial charge in [-0.05, 0) is 35.9 Å². The van der Waals surface area contributed by atoms with E-state index in [-0.39, 0.29) is 11.5 Å². The fourth-order valence-corrected chi connectivity index (χ4v) is 1.87. The molecule has 4 heteroatoms. The maximum Gasteiger partial charge on any atom is 0.222 e. The Morgan fingerprint density at radius 2 is 1.75 bits per heavy atom. The first-order valence-corrected chi connectivity index (χ1v) is 7.42. The van der Waals surface area contributed by atoms with Crippen LogP contribution in [0.15, 0.2) is 72.6 Å². The van der Waals surface area contributed by atoms with E-state index in [1.807, 2.05) is 50.5 Å². The van der Waals surface area contributed by atoms with E-state index in [4.69, 9.17) is 10.00 Å². The molecule has 0 aliphatic carbocycles. The minimum atomic E-state index is -0.239. The molecule has 0 spiro atoms. The Labute approximate surface area is 141 Å². The highest BCUT2D eigenvalue weighted by molar-refractivity contribution is 6.05. The van der Waals surface area contributed by atoms with Gasteiger partial charge in [-0.15, -0.1) is 0 Å². The molecule has 2 aromatic carbocycles. The molecule has 0 unspecified atom stereocenters. The fraction of sp³-hybridized carbons (Fsp3) is 0.100. The van der Waals surface area contributed by atoms with Crippen LogP contribution in [0.2, 0.25) is 0 Å². The Kier molecular flexibility index (Phi) is 5.93. The molecule has 0 heterocycles. The summed E-state index contributed by atoms with van der Waals surface area (Å²) < 4.78 is 5.74. The van der Waals surface area contributed by atoms with Gasteiger partial charge >= 0.3 is 0 Å². The van der Waals surface area contributed by atoms with E-state index in [9.17, 15) is 4.79 Å². The molecule has 4 nitrogen and oxygen atoms in total. The molecule has 0 fully saturated rings. The van der Waals surface area contributed by atoms with Crippen molar-refractivity contribution in [2.24, 2.45) is 0 Å². The van der Waals surface area contributed by atoms with Crippen LogP contribution in [0.25, 0.3) is 6.08 Å². The Morgan fingerprint density at radius 1 is 1.08 bits per heavy atom. The number of hydrogen-bond acceptors (Lipinski definition) is 4. The number of ether oxygens (including phenoxy) is 1. The number of benzene rings is 2. The number of allylic oxidation sites excluding steroid dienone is 1. The molecule has 0 bridgehead atoms. The minimum absolute atomic E-state index is 0.212. The molecule has 0 aromatic heterocycles. The Bertz CT molecular complexity index is 783. The normalized spacial score (nSPS) is 11.1. The van der Waals surface area contributed by atoms with Crippen LogP contribution >= 0.6 is 0 Å². The van der Waals surface area contributed by atoms with Gasteiger partial charge in [0.2, 0.25) is 5.78 Å². The average molecular weight is 318 g/mol. The third kappa shape index (κ3) is 5.15. The second kappa shape index (κ2) is 8.35. The lowest BCUT2D eigenvalue weighted by atomic mass is 10.1. The monoisotopic (exact) mass is 318 g/mol. The van der Waals surface area contributed by atoms with Gasteiger partial charge in [0.25, 0.3) is 0 Å². The Morgan fingerprint density at radius 3 is 2.33 bits per heavy atom. The summed E-state index contributed by atoms with van der Waals surface area (Å²) in [5.74, 6) is 0.476. The second-order valence-corrected chi connectivity index (χ2v) is 5.30. The van der Waals surface area contributed by atoms with Crippen LogP contribution in [-0.4, -0.2) is 24.8 Å². The second-order valence-electron chi connectivity index (χ2n) is 5.30. The SMILES string of the molecule is CN(C)C=CC(=O)C(=Cc1ccccc1)Oc1ccc(C#N)cc1. The molecule has 0 aliphatic heterocycles. The van der Waals surface area contributed by atoms with E-state index >= 15 is 0 Å². The summed E-state index contributed by atoms with van der Waals surface area (Å²) in [5.41, 5.74) is 1.41. The first kappa shape index (κ1) is 17.0. The third-order valence-corrected chi connectivity index (χ3v) is 3.08. The van der Waals surface area contributed by atoms with Crippen LogP contribution in [0.4, 0.5) is 0 Å². The van der Waals surface area contributed by atoms with E-state index < -0.39 is 0 Å². The lowest BCUT2D eigenvalue weighted by molar-refractivity contribution is -0.113. The molecule has 0 amide bonds. The van der Waals surface area contributed by atoms with Gasteiger partial charge in [-0.2, -0.15) is 5.26 Å². The number of carbonyl (C=O) groups excluding carboxylic acids is 1. The van der Waals surface area contributed by atoms with Crippen LogP contribution < -0.4 is 4.74 Å². The summed E-state index contributed by atoms with van der Waals surface area (Å²) in [6.45, 7) is 0. The zero-order chi connectivity index (χ0) is 17.4. The Balaban J connectivity index is 2.29. The molecule has 2 rings (SSSR count). The summed E-state index contributed by atoms with van der Waals surface area (Å²) in [7, 11) is 3.68. The molecular weight excluding hydrogens is 300 g/mol. The standard InChI is InChI=1S/C20H18N2O2/c1-22(2)13-12-19(23)20(14-16-6-4-3-5-7-16)24-18-10-8-17(15-21)9-11-18/h3-14H,1-2H3. The van der Waals surface area contributed by atoms with Crippen molar-refractivity contribution >= 4 is 11.9 Å². The maximum absolute atomic E-state index is 12.4. The lowest BCUT2D eigenvalue weighted by Gasteiger charge is -2.09. The van der Waals surface area contributed by atoms with Crippen molar-refractivity contribution in [3.63, 3.8) is 0 Å². The van der Waals surface area contributed by atoms with Gasteiger partial charge < -0.3 is 9.64 Å². The molecule has 0 aliphatic rings. The molecule has 0 saturated heterocycles. The number of ketones is 1. The van der Waals surface area contributed by atoms with E-state index in [1.165, 1.54) is 6.08 Å². The molecule has 24 heavy (non-hydrogen) atoms. The van der Waals surface area contributed by atoms with Crippen LogP contribution in [0.3, 0.4) is 0 Å². The van der Waals surface area contributed by atoms with Gasteiger partial charge in [-0.25, -0.2) is 0 Å². The summed E-state index contributed by atoms with van der Waals surface area (Å²) in [6.07, 6.45) is 4.82. The zero-order valence-corrected chi connectivity index (χ0v) is 13.6. The summed E-state index contributed by atoms with van der Waals surface area (Å²) in [4.78, 5) is 14.2. The molecule has 0 N–H and O–H groups in total. The third-order valence-electron chi connectivity index (χ3n) is 3.08. The molecule has 0 saturated carbocycles. The van der Waals surface area contributed by atoms with Crippen LogP contribution in [0, 0.1) is 11.3 Å². The zero-order valence-electron chi connectivity index (χ0n) is 13.6. The highest BCUT2D eigenvalue weighted by atomic mass is 16.5. The van der Waals surface area contributed by atoms with Crippen LogP contribution in [0.1, 0.15) is 11.1 Å². The van der Waals surface area contributed by atoms with Crippen LogP contribution in [-0.2, 0) is 4.79 Å². The molecule has 2 aromatic rings. The lowest BCUT2D eigenvalue weighted by Crippen LogP contribution is -2.09. The fourth-order valence-electron chi connectivity index (χ4n) is 1.87. The van der Waals surface area contributed by atoms with Crippen molar-refractivity contribution in [2.45, 2.75) is 0 Å². The Hall–Kier alpha value is -3.32. The first-order chi connectivity index (χ1) is 11.6. The number of nitrogens with zero attached hydrogens (tertiary/aromatic N) is 2. The number of nitriles is 1. The molecule has 120 valence electrons. The summed E-state index contributed by atoms with van der Waals surface area (Å²) >= 11 is 0. The van der Waals surface area contributed by atoms with E-state index in [2.05, 4.69) is 0 Å². The van der Waals surface area contributed by atoms with E-state index in [1.54, 1.807) is 41.4 Å². The van der Waals surface area contributed by atoms with Crippen molar-refractivity contribution < 1.29 is 9.53 Å². The van der Waals surface area contributed by atoms with Crippen molar-refractivity contribution in [3.8, 4) is 11.8 Å². The van der Waals surface area contributed by atoms with Gasteiger partial charge in [-0.3, -0.25) is 4.79 Å². The average Bonchev–Trinajstić information content (AvgIpc) is 2.60. The van der Waals surface area contributed by atoms with Crippen molar-refractivity contribution in [1.82, 2.24) is 4.90 Å². The summed E-state index contributed by atoms with van der Waals surface area (Å²) in [6, 6.07) is 18.2. The number of carbonyl (C=O) groups is 1. The van der Waals surface area contributed by atoms with Gasteiger partial charge in [0.05, 0.1) is 11.6 Å². The highest BCUT2D eigenvalue weighted by Crippen LogP contribution is 2.18. The van der Waals surface area contributed by atoms with E-state index in [0.29, 0.717) is 11.3 Å². The number of rotatable bonds is 6. The van der Waals surface area contributed by atoms with Crippen molar-refractivity contribution in [3.05, 3.63) is 83.8 Å². The smallest absolute Gasteiger partial charge is 0.222 e. The minimum Gasteiger partial charge on any atom is -0.453 e. The van der Waals surface area contributed by atoms with E-state index in [0.717, 1.165) is 5.56 Å². The maximum atomic E-state index is 12.4. The quantitative estimate of drug-likeness (QED) is 0.603. The van der Waals surface area contributed by atoms with Crippen molar-refractivity contribution in [1.29, 1.82) is 5.26 Å². The first-order valence-electron chi connectivity index (χ1n) is 7.42. The van der Waals surface area contributed by atoms with Gasteiger partial charge in [0, 0.05) is 26.4 Å². The molecular formula is C20H18N2O2. The predicted octanol–water partition coefficient (Wildman–Crippen LogP) is 3.62. The van der Waals surface area contributed by atoms with Crippen LogP contribution in [0.5, 0.6) is 5.75 Å². The highest BCUT2D eigenvalue weighted by Gasteiger charge is 2.10. The summed E-state index contributed by atoms with van der Waals surface area (Å²) in [5, 5.41) is 8.85. The molecule has 0 radical (unpaired) electrons. The topological polar surface area (TPSA) is 53.3 Å². The van der Waals surface area contributed by atoms with Gasteiger partial charge in [0.15, 0.2) is 5.76 Å². The number of hydrogen-bond donors (Lipinski definition) is 0. The van der Waals surface area contributed by atoms with Gasteiger partial charge in [-0.1, -0.05) is 30.3 Å². The van der Waals surface area contributed by atoms with Gasteiger partial charge in [0.1, 0.15) is 5.75 Å². The van der Waals surface area contributed by atoms with Crippen molar-refractivity contribution in [2.75, 3.05) is 14.1 Å². The predicted molar refractivity (Wildman–Crippen MR) is 94.0 cm³/mol. The largest absolute Gasteiger partial charge is 0.453 e. The molecule has 0 atom stereocenters.